The molecular formula is C14H17NO. The minimum atomic E-state index is 0.242. The first-order valence-corrected chi connectivity index (χ1v) is 5.65. The quantitative estimate of drug-likeness (QED) is 0.709. The van der Waals surface area contributed by atoms with Gasteiger partial charge in [-0.15, -0.1) is 6.58 Å². The molecule has 1 aromatic rings. The molecule has 16 heavy (non-hydrogen) atoms. The molecule has 1 fully saturated rings. The zero-order valence-corrected chi connectivity index (χ0v) is 9.65. The molecule has 1 aliphatic heterocycles. The summed E-state index contributed by atoms with van der Waals surface area (Å²) in [6.45, 7) is 7.37. The number of nitrogens with zero attached hydrogens (tertiary/aromatic N) is 1. The molecule has 84 valence electrons. The number of benzene rings is 1. The summed E-state index contributed by atoms with van der Waals surface area (Å²) < 4.78 is 0. The summed E-state index contributed by atoms with van der Waals surface area (Å²) in [4.78, 5) is 13.6. The number of amides is 1. The van der Waals surface area contributed by atoms with Crippen molar-refractivity contribution in [3.05, 3.63) is 48.0 Å². The average molecular weight is 215 g/mol. The van der Waals surface area contributed by atoms with E-state index in [-0.39, 0.29) is 5.91 Å². The van der Waals surface area contributed by atoms with Crippen LogP contribution in [0.3, 0.4) is 0 Å². The molecule has 2 rings (SSSR count). The maximum Gasteiger partial charge on any atom is 0.223 e. The number of carbonyl (C=O) groups is 1. The number of rotatable bonds is 3. The van der Waals surface area contributed by atoms with Gasteiger partial charge >= 0.3 is 0 Å². The van der Waals surface area contributed by atoms with Crippen molar-refractivity contribution in [1.82, 2.24) is 4.90 Å². The Morgan fingerprint density at radius 2 is 2.38 bits per heavy atom. The molecule has 1 unspecified atom stereocenters. The Kier molecular flexibility index (Phi) is 3.09. The summed E-state index contributed by atoms with van der Waals surface area (Å²) in [5.74, 6) is 0.573. The van der Waals surface area contributed by atoms with Crippen LogP contribution in [0.25, 0.3) is 0 Å². The molecule has 0 N–H and O–H groups in total. The van der Waals surface area contributed by atoms with E-state index in [2.05, 4.69) is 31.7 Å². The molecule has 1 aliphatic rings. The highest BCUT2D eigenvalue weighted by Gasteiger charge is 2.27. The van der Waals surface area contributed by atoms with Crippen LogP contribution in [-0.2, 0) is 11.3 Å². The monoisotopic (exact) mass is 215 g/mol. The molecule has 0 saturated carbocycles. The summed E-state index contributed by atoms with van der Waals surface area (Å²) >= 11 is 0. The third-order valence-electron chi connectivity index (χ3n) is 3.03. The molecule has 1 heterocycles. The van der Waals surface area contributed by atoms with Crippen LogP contribution in [0.15, 0.2) is 36.9 Å². The molecule has 0 aliphatic carbocycles. The summed E-state index contributed by atoms with van der Waals surface area (Å²) in [5.41, 5.74) is 2.45. The Balaban J connectivity index is 2.05. The van der Waals surface area contributed by atoms with E-state index < -0.39 is 0 Å². The molecule has 1 aromatic carbocycles. The molecule has 2 heteroatoms. The number of hydrogen-bond donors (Lipinski definition) is 0. The van der Waals surface area contributed by atoms with Gasteiger partial charge in [-0.3, -0.25) is 4.79 Å². The summed E-state index contributed by atoms with van der Waals surface area (Å²) in [6, 6.07) is 8.31. The maximum absolute atomic E-state index is 11.7. The van der Waals surface area contributed by atoms with Gasteiger partial charge < -0.3 is 4.90 Å². The zero-order chi connectivity index (χ0) is 11.5. The highest BCUT2D eigenvalue weighted by Crippen LogP contribution is 2.20. The normalized spacial score (nSPS) is 20.2. The van der Waals surface area contributed by atoms with Crippen LogP contribution in [-0.4, -0.2) is 17.4 Å². The van der Waals surface area contributed by atoms with E-state index in [9.17, 15) is 4.79 Å². The van der Waals surface area contributed by atoms with E-state index in [1.54, 1.807) is 0 Å². The standard InChI is InChI=1S/C14H17NO/c1-3-12-8-14(16)15(9-12)10-13-6-4-5-11(2)7-13/h3-7,12H,1,8-10H2,2H3. The second-order valence-electron chi connectivity index (χ2n) is 4.46. The van der Waals surface area contributed by atoms with Crippen LogP contribution >= 0.6 is 0 Å². The van der Waals surface area contributed by atoms with Crippen LogP contribution < -0.4 is 0 Å². The first-order valence-electron chi connectivity index (χ1n) is 5.65. The van der Waals surface area contributed by atoms with Crippen LogP contribution in [0.1, 0.15) is 17.5 Å². The van der Waals surface area contributed by atoms with Crippen molar-refractivity contribution in [3.8, 4) is 0 Å². The molecule has 2 nitrogen and oxygen atoms in total. The van der Waals surface area contributed by atoms with Crippen molar-refractivity contribution in [1.29, 1.82) is 0 Å². The van der Waals surface area contributed by atoms with Gasteiger partial charge in [0.05, 0.1) is 0 Å². The molecule has 1 amide bonds. The number of hydrogen-bond acceptors (Lipinski definition) is 1. The van der Waals surface area contributed by atoms with Crippen LogP contribution in [0.4, 0.5) is 0 Å². The van der Waals surface area contributed by atoms with Crippen molar-refractivity contribution < 1.29 is 4.79 Å². The topological polar surface area (TPSA) is 20.3 Å². The van der Waals surface area contributed by atoms with E-state index in [4.69, 9.17) is 0 Å². The fourth-order valence-electron chi connectivity index (χ4n) is 2.14. The summed E-state index contributed by atoms with van der Waals surface area (Å²) in [7, 11) is 0. The summed E-state index contributed by atoms with van der Waals surface area (Å²) in [5, 5.41) is 0. The largest absolute Gasteiger partial charge is 0.338 e. The van der Waals surface area contributed by atoms with Crippen molar-refractivity contribution in [3.63, 3.8) is 0 Å². The van der Waals surface area contributed by atoms with E-state index in [0.717, 1.165) is 13.1 Å². The van der Waals surface area contributed by atoms with Gasteiger partial charge in [-0.2, -0.15) is 0 Å². The Morgan fingerprint density at radius 1 is 1.56 bits per heavy atom. The SMILES string of the molecule is C=CC1CC(=O)N(Cc2cccc(C)c2)C1. The van der Waals surface area contributed by atoms with Crippen molar-refractivity contribution in [2.45, 2.75) is 19.9 Å². The molecule has 0 radical (unpaired) electrons. The van der Waals surface area contributed by atoms with Gasteiger partial charge in [-0.05, 0) is 12.5 Å². The predicted octanol–water partition coefficient (Wildman–Crippen LogP) is 2.53. The number of likely N-dealkylation sites (tertiary alicyclic amines) is 1. The van der Waals surface area contributed by atoms with Crippen LogP contribution in [0.5, 0.6) is 0 Å². The van der Waals surface area contributed by atoms with Gasteiger partial charge in [0.25, 0.3) is 0 Å². The van der Waals surface area contributed by atoms with Gasteiger partial charge in [0.1, 0.15) is 0 Å². The van der Waals surface area contributed by atoms with Crippen LogP contribution in [0, 0.1) is 12.8 Å². The lowest BCUT2D eigenvalue weighted by molar-refractivity contribution is -0.128. The van der Waals surface area contributed by atoms with E-state index >= 15 is 0 Å². The first kappa shape index (κ1) is 10.9. The first-order chi connectivity index (χ1) is 7.69. The molecular weight excluding hydrogens is 198 g/mol. The molecule has 1 saturated heterocycles. The minimum absolute atomic E-state index is 0.242. The Bertz CT molecular complexity index is 411. The fraction of sp³-hybridized carbons (Fsp3) is 0.357. The minimum Gasteiger partial charge on any atom is -0.338 e. The van der Waals surface area contributed by atoms with Crippen molar-refractivity contribution in [2.24, 2.45) is 5.92 Å². The maximum atomic E-state index is 11.7. The van der Waals surface area contributed by atoms with Crippen molar-refractivity contribution in [2.75, 3.05) is 6.54 Å². The number of aryl methyl sites for hydroxylation is 1. The van der Waals surface area contributed by atoms with Crippen LogP contribution in [0.2, 0.25) is 0 Å². The van der Waals surface area contributed by atoms with Gasteiger partial charge in [0, 0.05) is 25.4 Å². The lowest BCUT2D eigenvalue weighted by Crippen LogP contribution is -2.24. The Labute approximate surface area is 96.6 Å². The van der Waals surface area contributed by atoms with Gasteiger partial charge in [0.2, 0.25) is 5.91 Å². The fourth-order valence-corrected chi connectivity index (χ4v) is 2.14. The van der Waals surface area contributed by atoms with Gasteiger partial charge in [-0.1, -0.05) is 35.9 Å². The van der Waals surface area contributed by atoms with E-state index in [1.165, 1.54) is 11.1 Å². The highest BCUT2D eigenvalue weighted by atomic mass is 16.2. The highest BCUT2D eigenvalue weighted by molar-refractivity contribution is 5.79. The van der Waals surface area contributed by atoms with E-state index in [0.29, 0.717) is 12.3 Å². The predicted molar refractivity (Wildman–Crippen MR) is 64.9 cm³/mol. The Hall–Kier alpha value is -1.57. The molecule has 1 atom stereocenters. The third-order valence-corrected chi connectivity index (χ3v) is 3.03. The zero-order valence-electron chi connectivity index (χ0n) is 9.65. The second kappa shape index (κ2) is 4.52. The van der Waals surface area contributed by atoms with Gasteiger partial charge in [-0.25, -0.2) is 0 Å². The smallest absolute Gasteiger partial charge is 0.223 e. The lowest BCUT2D eigenvalue weighted by Gasteiger charge is -2.16. The second-order valence-corrected chi connectivity index (χ2v) is 4.46. The number of carbonyl (C=O) groups excluding carboxylic acids is 1. The molecule has 0 spiro atoms. The molecule has 0 bridgehead atoms. The lowest BCUT2D eigenvalue weighted by atomic mass is 10.1. The Morgan fingerprint density at radius 3 is 3.00 bits per heavy atom. The van der Waals surface area contributed by atoms with Gasteiger partial charge in [0.15, 0.2) is 0 Å². The van der Waals surface area contributed by atoms with Crippen molar-refractivity contribution >= 4 is 5.91 Å². The molecule has 0 aromatic heterocycles. The average Bonchev–Trinajstić information content (AvgIpc) is 2.60. The summed E-state index contributed by atoms with van der Waals surface area (Å²) in [6.07, 6.45) is 2.50. The third kappa shape index (κ3) is 2.32. The van der Waals surface area contributed by atoms with E-state index in [1.807, 2.05) is 17.0 Å².